The van der Waals surface area contributed by atoms with E-state index in [2.05, 4.69) is 47.2 Å². The summed E-state index contributed by atoms with van der Waals surface area (Å²) in [4.78, 5) is 73.2. The molecule has 0 bridgehead atoms. The molecular weight excluding hydrogens is 937 g/mol. The second kappa shape index (κ2) is 37.4. The molecule has 5 unspecified atom stereocenters. The smallest absolute Gasteiger partial charge is 0.462 e. The first-order valence-electron chi connectivity index (χ1n) is 24.6. The number of aliphatic hydroxyl groups excluding tert-OH is 3. The summed E-state index contributed by atoms with van der Waals surface area (Å²) in [6.07, 6.45) is 20.4. The molecule has 1 aliphatic carbocycles. The zero-order valence-corrected chi connectivity index (χ0v) is 42.7. The Balaban J connectivity index is 2.71. The minimum Gasteiger partial charge on any atom is -0.462 e. The molecule has 0 spiro atoms. The highest BCUT2D eigenvalue weighted by atomic mass is 31.2. The average Bonchev–Trinajstić information content (AvgIpc) is 3.25. The number of carbonyl (C=O) groups excluding carboxylic acids is 2. The molecule has 1 fully saturated rings. The van der Waals surface area contributed by atoms with Gasteiger partial charge in [-0.15, -0.1) is 0 Å². The monoisotopic (exact) mass is 1020 g/mol. The maximum Gasteiger partial charge on any atom is 0.472 e. The molecule has 67 heavy (non-hydrogen) atoms. The molecule has 1 saturated carbocycles. The van der Waals surface area contributed by atoms with E-state index >= 15 is 0 Å². The Morgan fingerprint density at radius 1 is 0.478 bits per heavy atom. The number of esters is 2. The maximum atomic E-state index is 13.1. The number of hydrogen-bond acceptors (Lipinski definition) is 14. The second-order valence-electron chi connectivity index (χ2n) is 17.4. The molecule has 8 N–H and O–H groups in total. The first-order chi connectivity index (χ1) is 31.8. The molecular formula is C45H85O19P3. The average molecular weight is 1020 g/mol. The zero-order chi connectivity index (χ0) is 50.0. The van der Waals surface area contributed by atoms with Crippen molar-refractivity contribution in [1.29, 1.82) is 0 Å². The lowest BCUT2D eigenvalue weighted by Gasteiger charge is -2.44. The van der Waals surface area contributed by atoms with Crippen LogP contribution in [-0.2, 0) is 50.9 Å². The Morgan fingerprint density at radius 2 is 0.866 bits per heavy atom. The van der Waals surface area contributed by atoms with Gasteiger partial charge in [0.05, 0.1) is 6.61 Å². The SMILES string of the molecule is CCCCC/C=C\C/C=C\CCCCCCCCCC(=O)O[C@H](COC(=O)CCCCCCCCCCCCCCC)COP(=O)(O)O[C@H]1C(O)C(O)C(OP(=O)(O)O)[C@@H](OP(=O)(O)O)C1O. The van der Waals surface area contributed by atoms with Crippen molar-refractivity contribution < 1.29 is 90.6 Å². The summed E-state index contributed by atoms with van der Waals surface area (Å²) < 4.78 is 65.5. The van der Waals surface area contributed by atoms with E-state index in [4.69, 9.17) is 18.5 Å². The van der Waals surface area contributed by atoms with Gasteiger partial charge in [0.15, 0.2) is 6.10 Å². The fourth-order valence-electron chi connectivity index (χ4n) is 7.55. The van der Waals surface area contributed by atoms with Crippen LogP contribution in [0.1, 0.15) is 194 Å². The molecule has 0 saturated heterocycles. The number of ether oxygens (including phenoxy) is 2. The van der Waals surface area contributed by atoms with Crippen LogP contribution in [0, 0.1) is 0 Å². The number of aliphatic hydroxyl groups is 3. The Hall–Kier alpha value is -1.37. The molecule has 0 heterocycles. The van der Waals surface area contributed by atoms with Gasteiger partial charge in [0.1, 0.15) is 43.2 Å². The van der Waals surface area contributed by atoms with Crippen molar-refractivity contribution in [3.8, 4) is 0 Å². The Kier molecular flexibility index (Phi) is 35.5. The van der Waals surface area contributed by atoms with Crippen molar-refractivity contribution in [3.05, 3.63) is 24.3 Å². The summed E-state index contributed by atoms with van der Waals surface area (Å²) in [7, 11) is -16.6. The highest BCUT2D eigenvalue weighted by Crippen LogP contribution is 2.51. The highest BCUT2D eigenvalue weighted by Gasteiger charge is 2.56. The van der Waals surface area contributed by atoms with Gasteiger partial charge in [-0.25, -0.2) is 13.7 Å². The third kappa shape index (κ3) is 33.8. The molecule has 22 heteroatoms. The van der Waals surface area contributed by atoms with E-state index in [0.29, 0.717) is 12.8 Å². The van der Waals surface area contributed by atoms with Gasteiger partial charge in [-0.2, -0.15) is 0 Å². The summed E-state index contributed by atoms with van der Waals surface area (Å²) >= 11 is 0. The Bertz CT molecular complexity index is 1500. The molecule has 1 aliphatic rings. The van der Waals surface area contributed by atoms with Crippen LogP contribution in [0.25, 0.3) is 0 Å². The number of hydrogen-bond donors (Lipinski definition) is 8. The predicted octanol–water partition coefficient (Wildman–Crippen LogP) is 9.07. The number of phosphoric acid groups is 3. The van der Waals surface area contributed by atoms with Crippen molar-refractivity contribution in [1.82, 2.24) is 0 Å². The van der Waals surface area contributed by atoms with Crippen molar-refractivity contribution in [2.24, 2.45) is 0 Å². The molecule has 0 amide bonds. The van der Waals surface area contributed by atoms with Gasteiger partial charge in [0.2, 0.25) is 0 Å². The fourth-order valence-corrected chi connectivity index (χ4v) is 9.65. The summed E-state index contributed by atoms with van der Waals surface area (Å²) in [5.74, 6) is -1.30. The summed E-state index contributed by atoms with van der Waals surface area (Å²) in [5, 5.41) is 31.9. The number of carbonyl (C=O) groups is 2. The molecule has 19 nitrogen and oxygen atoms in total. The largest absolute Gasteiger partial charge is 0.472 e. The minimum absolute atomic E-state index is 0.00824. The quantitative estimate of drug-likeness (QED) is 0.0122. The van der Waals surface area contributed by atoms with E-state index < -0.39 is 91.3 Å². The standard InChI is InChI=1S/C45H85O19P3/c1-3-5-7-9-11-13-15-17-18-19-20-22-24-26-28-30-32-34-39(47)61-37(35-59-38(46)33-31-29-27-25-23-21-16-14-12-10-8-6-4-2)36-60-67(57,58)64-43-40(48)41(49)44(62-65(51,52)53)45(42(43)50)63-66(54,55)56/h11,13,17-18,37,40-45,48-50H,3-10,12,14-16,19-36H2,1-2H3,(H,57,58)(H2,51,52,53)(H2,54,55,56)/b13-11-,18-17-/t37-,40?,41?,42?,43+,44?,45+/m1/s1. The molecule has 8 atom stereocenters. The topological polar surface area (TPSA) is 303 Å². The minimum atomic E-state index is -5.60. The van der Waals surface area contributed by atoms with Gasteiger partial charge in [-0.3, -0.25) is 27.7 Å². The molecule has 0 aromatic rings. The van der Waals surface area contributed by atoms with E-state index in [1.807, 2.05) is 0 Å². The predicted molar refractivity (Wildman–Crippen MR) is 252 cm³/mol. The van der Waals surface area contributed by atoms with Gasteiger partial charge in [0, 0.05) is 12.8 Å². The third-order valence-corrected chi connectivity index (χ3v) is 13.3. The van der Waals surface area contributed by atoms with Gasteiger partial charge >= 0.3 is 35.4 Å². The fraction of sp³-hybridized carbons (Fsp3) is 0.867. The van der Waals surface area contributed by atoms with Gasteiger partial charge in [-0.05, 0) is 44.9 Å². The molecule has 0 radical (unpaired) electrons. The van der Waals surface area contributed by atoms with Crippen LogP contribution in [0.2, 0.25) is 0 Å². The van der Waals surface area contributed by atoms with Crippen LogP contribution >= 0.6 is 23.5 Å². The van der Waals surface area contributed by atoms with E-state index in [0.717, 1.165) is 83.5 Å². The lowest BCUT2D eigenvalue weighted by molar-refractivity contribution is -0.213. The van der Waals surface area contributed by atoms with Crippen LogP contribution in [-0.4, -0.2) is 108 Å². The van der Waals surface area contributed by atoms with Crippen LogP contribution in [0.3, 0.4) is 0 Å². The van der Waals surface area contributed by atoms with Crippen molar-refractivity contribution in [2.45, 2.75) is 236 Å². The Labute approximate surface area is 398 Å². The normalized spacial score (nSPS) is 21.8. The molecule has 394 valence electrons. The highest BCUT2D eigenvalue weighted by molar-refractivity contribution is 7.47. The van der Waals surface area contributed by atoms with Crippen LogP contribution < -0.4 is 0 Å². The summed E-state index contributed by atoms with van der Waals surface area (Å²) in [5.41, 5.74) is 0. The van der Waals surface area contributed by atoms with E-state index in [1.54, 1.807) is 0 Å². The van der Waals surface area contributed by atoms with Crippen LogP contribution in [0.15, 0.2) is 24.3 Å². The van der Waals surface area contributed by atoms with Crippen molar-refractivity contribution in [2.75, 3.05) is 13.2 Å². The third-order valence-electron chi connectivity index (χ3n) is 11.3. The number of unbranched alkanes of at least 4 members (excludes halogenated alkanes) is 22. The van der Waals surface area contributed by atoms with Gasteiger partial charge < -0.3 is 49.3 Å². The van der Waals surface area contributed by atoms with Gasteiger partial charge in [0.25, 0.3) is 0 Å². The van der Waals surface area contributed by atoms with Crippen LogP contribution in [0.4, 0.5) is 0 Å². The lowest BCUT2D eigenvalue weighted by atomic mass is 9.85. The molecule has 0 aromatic heterocycles. The number of allylic oxidation sites excluding steroid dienone is 4. The van der Waals surface area contributed by atoms with Crippen molar-refractivity contribution in [3.63, 3.8) is 0 Å². The first kappa shape index (κ1) is 63.6. The molecule has 1 rings (SSSR count). The maximum absolute atomic E-state index is 13.1. The van der Waals surface area contributed by atoms with Crippen LogP contribution in [0.5, 0.6) is 0 Å². The van der Waals surface area contributed by atoms with E-state index in [-0.39, 0.29) is 12.8 Å². The van der Waals surface area contributed by atoms with Gasteiger partial charge in [-0.1, -0.05) is 160 Å². The zero-order valence-electron chi connectivity index (χ0n) is 40.0. The summed E-state index contributed by atoms with van der Waals surface area (Å²) in [6, 6.07) is 0. The number of rotatable bonds is 42. The number of phosphoric ester groups is 3. The lowest BCUT2D eigenvalue weighted by Crippen LogP contribution is -2.65. The second-order valence-corrected chi connectivity index (χ2v) is 21.2. The Morgan fingerprint density at radius 3 is 1.34 bits per heavy atom. The molecule has 0 aromatic carbocycles. The van der Waals surface area contributed by atoms with E-state index in [1.165, 1.54) is 70.6 Å². The molecule has 0 aliphatic heterocycles. The first-order valence-corrected chi connectivity index (χ1v) is 29.2. The van der Waals surface area contributed by atoms with Crippen molar-refractivity contribution >= 4 is 35.4 Å². The summed E-state index contributed by atoms with van der Waals surface area (Å²) in [6.45, 7) is 2.92. The van der Waals surface area contributed by atoms with E-state index in [9.17, 15) is 63.1 Å².